The number of aromatic nitrogens is 2. The highest BCUT2D eigenvalue weighted by atomic mass is 16.2. The molecule has 1 N–H and O–H groups in total. The van der Waals surface area contributed by atoms with Gasteiger partial charge in [0.2, 0.25) is 11.8 Å². The molecule has 0 saturated carbocycles. The second kappa shape index (κ2) is 4.26. The molecule has 1 aromatic heterocycles. The van der Waals surface area contributed by atoms with Crippen LogP contribution in [0.5, 0.6) is 0 Å². The van der Waals surface area contributed by atoms with E-state index >= 15 is 0 Å². The minimum Gasteiger partial charge on any atom is -0.345 e. The zero-order valence-electron chi connectivity index (χ0n) is 8.88. The highest BCUT2D eigenvalue weighted by molar-refractivity contribution is 5.94. The summed E-state index contributed by atoms with van der Waals surface area (Å²) in [5.74, 6) is -0.235. The monoisotopic (exact) mass is 220 g/mol. The maximum absolute atomic E-state index is 11.6. The Labute approximate surface area is 92.7 Å². The molecule has 0 bridgehead atoms. The summed E-state index contributed by atoms with van der Waals surface area (Å²) in [7, 11) is 0. The molecule has 0 spiro atoms. The molecule has 0 aliphatic carbocycles. The predicted molar refractivity (Wildman–Crippen MR) is 55.1 cm³/mol. The highest BCUT2D eigenvalue weighted by Gasteiger charge is 2.30. The molecule has 1 atom stereocenters. The van der Waals surface area contributed by atoms with Gasteiger partial charge in [-0.25, -0.2) is 0 Å². The number of piperazine rings is 1. The van der Waals surface area contributed by atoms with Gasteiger partial charge in [-0.05, 0) is 19.1 Å². The number of amides is 2. The third kappa shape index (κ3) is 2.00. The van der Waals surface area contributed by atoms with Gasteiger partial charge in [-0.3, -0.25) is 9.59 Å². The van der Waals surface area contributed by atoms with Crippen LogP contribution >= 0.6 is 0 Å². The van der Waals surface area contributed by atoms with Crippen LogP contribution in [0.3, 0.4) is 0 Å². The van der Waals surface area contributed by atoms with Gasteiger partial charge >= 0.3 is 0 Å². The Morgan fingerprint density at radius 2 is 2.38 bits per heavy atom. The van der Waals surface area contributed by atoms with E-state index in [-0.39, 0.29) is 18.4 Å². The molecule has 1 fully saturated rings. The Hall–Kier alpha value is -1.98. The van der Waals surface area contributed by atoms with Crippen molar-refractivity contribution >= 4 is 11.8 Å². The van der Waals surface area contributed by atoms with Gasteiger partial charge in [0.25, 0.3) is 0 Å². The molecule has 6 heteroatoms. The molecular weight excluding hydrogens is 208 g/mol. The topological polar surface area (TPSA) is 75.2 Å². The summed E-state index contributed by atoms with van der Waals surface area (Å²) in [6, 6.07) is 3.07. The molecule has 1 unspecified atom stereocenters. The summed E-state index contributed by atoms with van der Waals surface area (Å²) < 4.78 is 0. The zero-order chi connectivity index (χ0) is 11.5. The molecular formula is C10H12N4O2. The van der Waals surface area contributed by atoms with Crippen molar-refractivity contribution in [3.8, 4) is 0 Å². The summed E-state index contributed by atoms with van der Waals surface area (Å²) in [6.45, 7) is 2.08. The summed E-state index contributed by atoms with van der Waals surface area (Å²) in [5.41, 5.74) is 0.678. The first kappa shape index (κ1) is 10.5. The second-order valence-electron chi connectivity index (χ2n) is 3.63. The van der Waals surface area contributed by atoms with E-state index in [0.29, 0.717) is 12.2 Å². The molecule has 6 nitrogen and oxygen atoms in total. The number of rotatable bonds is 2. The van der Waals surface area contributed by atoms with Crippen LogP contribution in [0.15, 0.2) is 18.3 Å². The molecule has 84 valence electrons. The molecule has 1 saturated heterocycles. The SMILES string of the molecule is CC1C(=O)NCC(=O)N1Cc1cccnn1. The lowest BCUT2D eigenvalue weighted by atomic mass is 10.2. The summed E-state index contributed by atoms with van der Waals surface area (Å²) in [5, 5.41) is 10.2. The number of carbonyl (C=O) groups excluding carboxylic acids is 2. The van der Waals surface area contributed by atoms with E-state index in [9.17, 15) is 9.59 Å². The lowest BCUT2D eigenvalue weighted by Gasteiger charge is -2.32. The fraction of sp³-hybridized carbons (Fsp3) is 0.400. The average Bonchev–Trinajstić information content (AvgIpc) is 2.31. The van der Waals surface area contributed by atoms with Crippen LogP contribution in [0, 0.1) is 0 Å². The van der Waals surface area contributed by atoms with Gasteiger partial charge < -0.3 is 10.2 Å². The van der Waals surface area contributed by atoms with Gasteiger partial charge in [0, 0.05) is 6.20 Å². The molecule has 0 radical (unpaired) electrons. The normalized spacial score (nSPS) is 20.8. The van der Waals surface area contributed by atoms with Gasteiger partial charge in [0.1, 0.15) is 6.04 Å². The third-order valence-corrected chi connectivity index (χ3v) is 2.54. The van der Waals surface area contributed by atoms with E-state index in [1.165, 1.54) is 4.90 Å². The average molecular weight is 220 g/mol. The van der Waals surface area contributed by atoms with Crippen LogP contribution in [0.1, 0.15) is 12.6 Å². The number of nitrogens with one attached hydrogen (secondary N) is 1. The summed E-state index contributed by atoms with van der Waals surface area (Å²) >= 11 is 0. The molecule has 1 aliphatic rings. The Morgan fingerprint density at radius 1 is 1.56 bits per heavy atom. The summed E-state index contributed by atoms with van der Waals surface area (Å²) in [4.78, 5) is 24.5. The second-order valence-corrected chi connectivity index (χ2v) is 3.63. The van der Waals surface area contributed by atoms with Crippen molar-refractivity contribution in [3.05, 3.63) is 24.0 Å². The van der Waals surface area contributed by atoms with Crippen molar-refractivity contribution < 1.29 is 9.59 Å². The molecule has 2 amide bonds. The summed E-state index contributed by atoms with van der Waals surface area (Å²) in [6.07, 6.45) is 1.57. The molecule has 1 aliphatic heterocycles. The fourth-order valence-corrected chi connectivity index (χ4v) is 1.59. The maximum Gasteiger partial charge on any atom is 0.242 e. The molecule has 1 aromatic rings. The molecule has 2 heterocycles. The van der Waals surface area contributed by atoms with Gasteiger partial charge in [0.05, 0.1) is 18.8 Å². The van der Waals surface area contributed by atoms with Crippen LogP contribution in [-0.2, 0) is 16.1 Å². The third-order valence-electron chi connectivity index (χ3n) is 2.54. The van der Waals surface area contributed by atoms with Crippen LogP contribution in [0.25, 0.3) is 0 Å². The largest absolute Gasteiger partial charge is 0.345 e. The Kier molecular flexibility index (Phi) is 2.80. The van der Waals surface area contributed by atoms with Crippen molar-refractivity contribution in [2.75, 3.05) is 6.54 Å². The number of hydrogen-bond donors (Lipinski definition) is 1. The van der Waals surface area contributed by atoms with Gasteiger partial charge in [-0.15, -0.1) is 0 Å². The van der Waals surface area contributed by atoms with Crippen molar-refractivity contribution in [1.82, 2.24) is 20.4 Å². The Morgan fingerprint density at radius 3 is 3.06 bits per heavy atom. The van der Waals surface area contributed by atoms with Crippen molar-refractivity contribution in [2.24, 2.45) is 0 Å². The van der Waals surface area contributed by atoms with Crippen LogP contribution in [0.2, 0.25) is 0 Å². The van der Waals surface area contributed by atoms with Crippen molar-refractivity contribution in [2.45, 2.75) is 19.5 Å². The first-order chi connectivity index (χ1) is 7.68. The number of hydrogen-bond acceptors (Lipinski definition) is 4. The highest BCUT2D eigenvalue weighted by Crippen LogP contribution is 2.09. The van der Waals surface area contributed by atoms with E-state index in [2.05, 4.69) is 15.5 Å². The fourth-order valence-electron chi connectivity index (χ4n) is 1.59. The van der Waals surface area contributed by atoms with Crippen molar-refractivity contribution in [1.29, 1.82) is 0 Å². The van der Waals surface area contributed by atoms with E-state index in [0.717, 1.165) is 0 Å². The zero-order valence-corrected chi connectivity index (χ0v) is 8.88. The number of nitrogens with zero attached hydrogens (tertiary/aromatic N) is 3. The lowest BCUT2D eigenvalue weighted by Crippen LogP contribution is -2.56. The Bertz CT molecular complexity index is 407. The molecule has 2 rings (SSSR count). The van der Waals surface area contributed by atoms with Gasteiger partial charge in [0.15, 0.2) is 0 Å². The van der Waals surface area contributed by atoms with E-state index in [1.807, 2.05) is 0 Å². The lowest BCUT2D eigenvalue weighted by molar-refractivity contribution is -0.145. The first-order valence-corrected chi connectivity index (χ1v) is 5.02. The van der Waals surface area contributed by atoms with Gasteiger partial charge in [-0.2, -0.15) is 10.2 Å². The van der Waals surface area contributed by atoms with E-state index < -0.39 is 6.04 Å². The van der Waals surface area contributed by atoms with Gasteiger partial charge in [-0.1, -0.05) is 0 Å². The molecule has 16 heavy (non-hydrogen) atoms. The molecule has 0 aromatic carbocycles. The minimum atomic E-state index is -0.455. The van der Waals surface area contributed by atoms with E-state index in [1.54, 1.807) is 25.3 Å². The Balaban J connectivity index is 2.13. The predicted octanol–water partition coefficient (Wildman–Crippen LogP) is -0.677. The minimum absolute atomic E-state index is 0.0590. The van der Waals surface area contributed by atoms with Crippen molar-refractivity contribution in [3.63, 3.8) is 0 Å². The number of carbonyl (C=O) groups is 2. The quantitative estimate of drug-likeness (QED) is 0.716. The van der Waals surface area contributed by atoms with Crippen LogP contribution in [0.4, 0.5) is 0 Å². The van der Waals surface area contributed by atoms with E-state index in [4.69, 9.17) is 0 Å². The first-order valence-electron chi connectivity index (χ1n) is 5.02. The van der Waals surface area contributed by atoms with Crippen LogP contribution in [-0.4, -0.2) is 39.5 Å². The standard InChI is InChI=1S/C10H12N4O2/c1-7-10(16)11-5-9(15)14(7)6-8-3-2-4-12-13-8/h2-4,7H,5-6H2,1H3,(H,11,16). The maximum atomic E-state index is 11.6. The smallest absolute Gasteiger partial charge is 0.242 e. The van der Waals surface area contributed by atoms with Crippen LogP contribution < -0.4 is 5.32 Å².